The molecule has 1 aromatic rings. The predicted molar refractivity (Wildman–Crippen MR) is 87.6 cm³/mol. The first-order valence-corrected chi connectivity index (χ1v) is 7.95. The van der Waals surface area contributed by atoms with E-state index in [1.807, 2.05) is 24.8 Å². The zero-order valence-electron chi connectivity index (χ0n) is 13.9. The molecule has 0 aliphatic carbocycles. The molecular formula is C17H24FN3O2. The minimum Gasteiger partial charge on any atom is -0.366 e. The van der Waals surface area contributed by atoms with E-state index >= 15 is 0 Å². The minimum atomic E-state index is -0.507. The van der Waals surface area contributed by atoms with E-state index in [0.29, 0.717) is 31.9 Å². The highest BCUT2D eigenvalue weighted by atomic mass is 19.1. The van der Waals surface area contributed by atoms with Crippen LogP contribution in [0.1, 0.15) is 20.8 Å². The number of amides is 2. The second-order valence-electron chi connectivity index (χ2n) is 6.19. The summed E-state index contributed by atoms with van der Waals surface area (Å²) < 4.78 is 13.8. The van der Waals surface area contributed by atoms with Crippen LogP contribution in [-0.2, 0) is 9.59 Å². The van der Waals surface area contributed by atoms with Crippen molar-refractivity contribution in [2.45, 2.75) is 26.8 Å². The molecule has 1 fully saturated rings. The number of para-hydroxylation sites is 1. The first-order valence-electron chi connectivity index (χ1n) is 7.95. The van der Waals surface area contributed by atoms with Crippen LogP contribution in [0.25, 0.3) is 0 Å². The third kappa shape index (κ3) is 4.21. The van der Waals surface area contributed by atoms with Gasteiger partial charge in [0, 0.05) is 33.1 Å². The number of nitrogens with one attached hydrogen (secondary N) is 1. The molecule has 1 heterocycles. The Balaban J connectivity index is 1.99. The summed E-state index contributed by atoms with van der Waals surface area (Å²) >= 11 is 0. The van der Waals surface area contributed by atoms with Crippen LogP contribution in [0.15, 0.2) is 24.3 Å². The van der Waals surface area contributed by atoms with E-state index < -0.39 is 6.04 Å². The Hall–Kier alpha value is -2.11. The minimum absolute atomic E-state index is 0.0241. The largest absolute Gasteiger partial charge is 0.366 e. The van der Waals surface area contributed by atoms with Crippen molar-refractivity contribution in [1.82, 2.24) is 10.2 Å². The van der Waals surface area contributed by atoms with Crippen molar-refractivity contribution in [1.29, 1.82) is 0 Å². The van der Waals surface area contributed by atoms with Crippen LogP contribution >= 0.6 is 0 Å². The number of carbonyl (C=O) groups is 2. The number of anilines is 1. The molecule has 1 aliphatic heterocycles. The summed E-state index contributed by atoms with van der Waals surface area (Å²) in [6, 6.07) is 6.16. The van der Waals surface area contributed by atoms with Crippen LogP contribution in [0.5, 0.6) is 0 Å². The number of carbonyl (C=O) groups excluding carboxylic acids is 2. The van der Waals surface area contributed by atoms with Gasteiger partial charge in [0.15, 0.2) is 0 Å². The molecule has 1 N–H and O–H groups in total. The lowest BCUT2D eigenvalue weighted by Crippen LogP contribution is -2.56. The topological polar surface area (TPSA) is 52.7 Å². The molecule has 0 saturated carbocycles. The molecule has 1 saturated heterocycles. The summed E-state index contributed by atoms with van der Waals surface area (Å²) in [6.07, 6.45) is 0. The second kappa shape index (κ2) is 7.44. The van der Waals surface area contributed by atoms with Gasteiger partial charge in [0.1, 0.15) is 11.9 Å². The maximum absolute atomic E-state index is 13.8. The highest BCUT2D eigenvalue weighted by Gasteiger charge is 2.30. The zero-order valence-corrected chi connectivity index (χ0v) is 13.9. The first-order chi connectivity index (χ1) is 10.9. The summed E-state index contributed by atoms with van der Waals surface area (Å²) in [7, 11) is 0. The standard InChI is InChI=1S/C17H24FN3O2/c1-12(2)16(19-13(3)22)17(23)21-10-8-20(9-11-21)15-7-5-4-6-14(15)18/h4-7,12,16H,8-11H2,1-3H3,(H,19,22)/t16-/m0/s1. The molecule has 0 unspecified atom stereocenters. The van der Waals surface area contributed by atoms with Crippen LogP contribution < -0.4 is 10.2 Å². The molecule has 6 heteroatoms. The normalized spacial score (nSPS) is 16.4. The molecule has 5 nitrogen and oxygen atoms in total. The van der Waals surface area contributed by atoms with Gasteiger partial charge in [-0.15, -0.1) is 0 Å². The Labute approximate surface area is 136 Å². The van der Waals surface area contributed by atoms with Crippen molar-refractivity contribution in [2.24, 2.45) is 5.92 Å². The van der Waals surface area contributed by atoms with Crippen molar-refractivity contribution < 1.29 is 14.0 Å². The van der Waals surface area contributed by atoms with Crippen molar-refractivity contribution in [3.8, 4) is 0 Å². The van der Waals surface area contributed by atoms with Gasteiger partial charge >= 0.3 is 0 Å². The lowest BCUT2D eigenvalue weighted by atomic mass is 10.0. The lowest BCUT2D eigenvalue weighted by Gasteiger charge is -2.38. The molecule has 1 aromatic carbocycles. The van der Waals surface area contributed by atoms with E-state index in [1.165, 1.54) is 13.0 Å². The van der Waals surface area contributed by atoms with E-state index in [1.54, 1.807) is 17.0 Å². The Bertz CT molecular complexity index is 569. The van der Waals surface area contributed by atoms with Crippen molar-refractivity contribution in [2.75, 3.05) is 31.1 Å². The molecule has 1 aliphatic rings. The van der Waals surface area contributed by atoms with Crippen molar-refractivity contribution in [3.63, 3.8) is 0 Å². The number of halogens is 1. The van der Waals surface area contributed by atoms with Gasteiger partial charge in [0.2, 0.25) is 11.8 Å². The Morgan fingerprint density at radius 2 is 1.74 bits per heavy atom. The summed E-state index contributed by atoms with van der Waals surface area (Å²) in [5.74, 6) is -0.494. The molecule has 0 radical (unpaired) electrons. The molecule has 23 heavy (non-hydrogen) atoms. The highest BCUT2D eigenvalue weighted by molar-refractivity contribution is 5.87. The lowest BCUT2D eigenvalue weighted by molar-refractivity contribution is -0.137. The van der Waals surface area contributed by atoms with E-state index in [0.717, 1.165) is 0 Å². The number of piperazine rings is 1. The quantitative estimate of drug-likeness (QED) is 0.917. The maximum atomic E-state index is 13.8. The molecule has 0 bridgehead atoms. The van der Waals surface area contributed by atoms with Crippen LogP contribution in [-0.4, -0.2) is 48.9 Å². The fourth-order valence-corrected chi connectivity index (χ4v) is 2.81. The fraction of sp³-hybridized carbons (Fsp3) is 0.529. The van der Waals surface area contributed by atoms with Gasteiger partial charge in [-0.25, -0.2) is 4.39 Å². The summed E-state index contributed by atoms with van der Waals surface area (Å²) in [5, 5.41) is 2.72. The van der Waals surface area contributed by atoms with Gasteiger partial charge in [-0.05, 0) is 18.1 Å². The van der Waals surface area contributed by atoms with Crippen LogP contribution in [0.2, 0.25) is 0 Å². The predicted octanol–water partition coefficient (Wildman–Crippen LogP) is 1.64. The Morgan fingerprint density at radius 3 is 2.26 bits per heavy atom. The third-order valence-corrected chi connectivity index (χ3v) is 4.08. The molecule has 2 rings (SSSR count). The van der Waals surface area contributed by atoms with E-state index in [4.69, 9.17) is 0 Å². The molecule has 0 spiro atoms. The smallest absolute Gasteiger partial charge is 0.245 e. The summed E-state index contributed by atoms with van der Waals surface area (Å²) in [4.78, 5) is 27.6. The SMILES string of the molecule is CC(=O)N[C@H](C(=O)N1CCN(c2ccccc2F)CC1)C(C)C. The third-order valence-electron chi connectivity index (χ3n) is 4.08. The van der Waals surface area contributed by atoms with E-state index in [2.05, 4.69) is 5.32 Å². The van der Waals surface area contributed by atoms with Gasteiger partial charge in [0.05, 0.1) is 5.69 Å². The molecule has 1 atom stereocenters. The van der Waals surface area contributed by atoms with Gasteiger partial charge < -0.3 is 15.1 Å². The van der Waals surface area contributed by atoms with Crippen LogP contribution in [0, 0.1) is 11.7 Å². The van der Waals surface area contributed by atoms with Crippen molar-refractivity contribution in [3.05, 3.63) is 30.1 Å². The molecule has 0 aromatic heterocycles. The average Bonchev–Trinajstić information content (AvgIpc) is 2.52. The zero-order chi connectivity index (χ0) is 17.0. The fourth-order valence-electron chi connectivity index (χ4n) is 2.81. The van der Waals surface area contributed by atoms with E-state index in [9.17, 15) is 14.0 Å². The monoisotopic (exact) mass is 321 g/mol. The van der Waals surface area contributed by atoms with Crippen molar-refractivity contribution >= 4 is 17.5 Å². The Morgan fingerprint density at radius 1 is 1.13 bits per heavy atom. The van der Waals surface area contributed by atoms with Gasteiger partial charge in [0.25, 0.3) is 0 Å². The van der Waals surface area contributed by atoms with Crippen LogP contribution in [0.3, 0.4) is 0 Å². The van der Waals surface area contributed by atoms with Gasteiger partial charge in [-0.2, -0.15) is 0 Å². The number of benzene rings is 1. The summed E-state index contributed by atoms with van der Waals surface area (Å²) in [5.41, 5.74) is 0.571. The number of nitrogens with zero attached hydrogens (tertiary/aromatic N) is 2. The summed E-state index contributed by atoms with van der Waals surface area (Å²) in [6.45, 7) is 7.45. The molecule has 126 valence electrons. The molecular weight excluding hydrogens is 297 g/mol. The second-order valence-corrected chi connectivity index (χ2v) is 6.19. The Kier molecular flexibility index (Phi) is 5.58. The average molecular weight is 321 g/mol. The van der Waals surface area contributed by atoms with Gasteiger partial charge in [-0.1, -0.05) is 26.0 Å². The maximum Gasteiger partial charge on any atom is 0.245 e. The van der Waals surface area contributed by atoms with E-state index in [-0.39, 0.29) is 23.5 Å². The number of rotatable bonds is 4. The number of hydrogen-bond acceptors (Lipinski definition) is 3. The van der Waals surface area contributed by atoms with Crippen LogP contribution in [0.4, 0.5) is 10.1 Å². The van der Waals surface area contributed by atoms with Gasteiger partial charge in [-0.3, -0.25) is 9.59 Å². The molecule has 2 amide bonds. The number of hydrogen-bond donors (Lipinski definition) is 1. The highest BCUT2D eigenvalue weighted by Crippen LogP contribution is 2.20. The first kappa shape index (κ1) is 17.2.